The smallest absolute Gasteiger partial charge is 0.330 e. The van der Waals surface area contributed by atoms with Crippen molar-refractivity contribution in [1.29, 1.82) is 0 Å². The summed E-state index contributed by atoms with van der Waals surface area (Å²) in [5, 5.41) is 3.08. The lowest BCUT2D eigenvalue weighted by molar-refractivity contribution is -0.137. The Morgan fingerprint density at radius 3 is 2.60 bits per heavy atom. The second-order valence-corrected chi connectivity index (χ2v) is 6.30. The number of ether oxygens (including phenoxy) is 1. The maximum absolute atomic E-state index is 12.7. The molecule has 0 bridgehead atoms. The fourth-order valence-corrected chi connectivity index (χ4v) is 2.67. The Morgan fingerprint density at radius 2 is 2.00 bits per heavy atom. The van der Waals surface area contributed by atoms with Crippen LogP contribution in [0.3, 0.4) is 0 Å². The molecule has 1 aliphatic carbocycles. The minimum Gasteiger partial charge on any atom is -0.463 e. The number of halogens is 1. The van der Waals surface area contributed by atoms with Crippen LogP contribution in [0.4, 0.5) is 5.69 Å². The minimum absolute atomic E-state index is 0.197. The number of amides is 2. The maximum atomic E-state index is 12.7. The van der Waals surface area contributed by atoms with Gasteiger partial charge >= 0.3 is 5.97 Å². The summed E-state index contributed by atoms with van der Waals surface area (Å²) >= 11 is 6.08. The summed E-state index contributed by atoms with van der Waals surface area (Å²) in [5.41, 5.74) is 1.38. The molecule has 1 aromatic carbocycles. The summed E-state index contributed by atoms with van der Waals surface area (Å²) in [6, 6.07) is 3.44. The lowest BCUT2D eigenvalue weighted by Crippen LogP contribution is -2.30. The van der Waals surface area contributed by atoms with Crippen LogP contribution < -0.4 is 5.32 Å². The van der Waals surface area contributed by atoms with Gasteiger partial charge in [-0.25, -0.2) is 4.79 Å². The van der Waals surface area contributed by atoms with E-state index in [9.17, 15) is 14.4 Å². The molecule has 1 aromatic rings. The number of esters is 1. The van der Waals surface area contributed by atoms with Crippen molar-refractivity contribution < 1.29 is 19.1 Å². The fraction of sp³-hybridized carbons (Fsp3) is 0.389. The first-order valence-electron chi connectivity index (χ1n) is 8.06. The van der Waals surface area contributed by atoms with Gasteiger partial charge < -0.3 is 15.0 Å². The van der Waals surface area contributed by atoms with Crippen LogP contribution in [0.25, 0.3) is 0 Å². The highest BCUT2D eigenvalue weighted by Crippen LogP contribution is 2.31. The molecule has 25 heavy (non-hydrogen) atoms. The van der Waals surface area contributed by atoms with E-state index in [1.807, 2.05) is 0 Å². The van der Waals surface area contributed by atoms with Crippen molar-refractivity contribution in [3.05, 3.63) is 40.4 Å². The Bertz CT molecular complexity index is 726. The summed E-state index contributed by atoms with van der Waals surface area (Å²) in [4.78, 5) is 37.7. The molecule has 1 aliphatic rings. The molecular weight excluding hydrogens is 344 g/mol. The lowest BCUT2D eigenvalue weighted by Gasteiger charge is -2.20. The molecule has 2 rings (SSSR count). The third-order valence-electron chi connectivity index (χ3n) is 3.85. The SMILES string of the molecule is CCOC(=O)/C=C/C(=O)Nc1c(C)cc(Cl)cc1C(=O)N(C)C1CC1. The van der Waals surface area contributed by atoms with Gasteiger partial charge in [-0.3, -0.25) is 9.59 Å². The molecule has 134 valence electrons. The Balaban J connectivity index is 2.22. The topological polar surface area (TPSA) is 75.7 Å². The van der Waals surface area contributed by atoms with Gasteiger partial charge in [-0.05, 0) is 44.4 Å². The molecule has 0 unspecified atom stereocenters. The predicted octanol–water partition coefficient (Wildman–Crippen LogP) is 2.94. The highest BCUT2D eigenvalue weighted by atomic mass is 35.5. The second-order valence-electron chi connectivity index (χ2n) is 5.87. The van der Waals surface area contributed by atoms with E-state index in [0.29, 0.717) is 21.8 Å². The molecule has 0 heterocycles. The number of hydrogen-bond donors (Lipinski definition) is 1. The van der Waals surface area contributed by atoms with E-state index >= 15 is 0 Å². The summed E-state index contributed by atoms with van der Waals surface area (Å²) in [7, 11) is 1.74. The Morgan fingerprint density at radius 1 is 1.32 bits per heavy atom. The minimum atomic E-state index is -0.602. The first kappa shape index (κ1) is 19.0. The molecule has 0 saturated heterocycles. The van der Waals surface area contributed by atoms with Crippen LogP contribution in [0.1, 0.15) is 35.7 Å². The zero-order valence-electron chi connectivity index (χ0n) is 14.5. The van der Waals surface area contributed by atoms with E-state index in [4.69, 9.17) is 16.3 Å². The zero-order valence-corrected chi connectivity index (χ0v) is 15.2. The first-order chi connectivity index (χ1) is 11.8. The van der Waals surface area contributed by atoms with Gasteiger partial charge in [0.2, 0.25) is 5.91 Å². The Hall–Kier alpha value is -2.34. The van der Waals surface area contributed by atoms with Gasteiger partial charge in [-0.15, -0.1) is 0 Å². The normalized spacial score (nSPS) is 13.6. The molecule has 0 radical (unpaired) electrons. The van der Waals surface area contributed by atoms with Crippen LogP contribution in [-0.4, -0.2) is 42.4 Å². The molecule has 0 aliphatic heterocycles. The monoisotopic (exact) mass is 364 g/mol. The largest absolute Gasteiger partial charge is 0.463 e. The van der Waals surface area contributed by atoms with E-state index in [-0.39, 0.29) is 18.6 Å². The van der Waals surface area contributed by atoms with E-state index in [1.165, 1.54) is 0 Å². The second kappa shape index (κ2) is 8.16. The number of nitrogens with one attached hydrogen (secondary N) is 1. The van der Waals surface area contributed by atoms with Crippen LogP contribution in [0.15, 0.2) is 24.3 Å². The van der Waals surface area contributed by atoms with Crippen molar-refractivity contribution in [2.75, 3.05) is 19.0 Å². The average Bonchev–Trinajstić information content (AvgIpc) is 3.39. The molecule has 1 fully saturated rings. The summed E-state index contributed by atoms with van der Waals surface area (Å²) in [6.07, 6.45) is 4.07. The third-order valence-corrected chi connectivity index (χ3v) is 4.07. The first-order valence-corrected chi connectivity index (χ1v) is 8.44. The van der Waals surface area contributed by atoms with Crippen molar-refractivity contribution in [2.45, 2.75) is 32.7 Å². The number of nitrogens with zero attached hydrogens (tertiary/aromatic N) is 1. The molecule has 0 aromatic heterocycles. The molecule has 2 amide bonds. The third kappa shape index (κ3) is 5.06. The van der Waals surface area contributed by atoms with Crippen molar-refractivity contribution in [1.82, 2.24) is 4.90 Å². The van der Waals surface area contributed by atoms with Crippen LogP contribution in [-0.2, 0) is 14.3 Å². The fourth-order valence-electron chi connectivity index (χ4n) is 2.39. The van der Waals surface area contributed by atoms with E-state index < -0.39 is 11.9 Å². The predicted molar refractivity (Wildman–Crippen MR) is 95.7 cm³/mol. The molecule has 0 spiro atoms. The van der Waals surface area contributed by atoms with Gasteiger partial charge in [0.15, 0.2) is 0 Å². The molecular formula is C18H21ClN2O4. The Kier molecular flexibility index (Phi) is 6.20. The summed E-state index contributed by atoms with van der Waals surface area (Å²) < 4.78 is 4.72. The van der Waals surface area contributed by atoms with Gasteiger partial charge in [-0.2, -0.15) is 0 Å². The number of benzene rings is 1. The van der Waals surface area contributed by atoms with Crippen molar-refractivity contribution in [3.8, 4) is 0 Å². The van der Waals surface area contributed by atoms with Crippen molar-refractivity contribution >= 4 is 35.1 Å². The van der Waals surface area contributed by atoms with Crippen LogP contribution >= 0.6 is 11.6 Å². The lowest BCUT2D eigenvalue weighted by atomic mass is 10.1. The standard InChI is InChI=1S/C18H21ClN2O4/c1-4-25-16(23)8-7-15(22)20-17-11(2)9-12(19)10-14(17)18(24)21(3)13-5-6-13/h7-10,13H,4-6H2,1-3H3,(H,20,22)/b8-7+. The molecule has 1 saturated carbocycles. The molecule has 6 nitrogen and oxygen atoms in total. The number of carbonyl (C=O) groups excluding carboxylic acids is 3. The van der Waals surface area contributed by atoms with Crippen molar-refractivity contribution in [2.24, 2.45) is 0 Å². The maximum Gasteiger partial charge on any atom is 0.330 e. The summed E-state index contributed by atoms with van der Waals surface area (Å²) in [6.45, 7) is 3.66. The molecule has 1 N–H and O–H groups in total. The van der Waals surface area contributed by atoms with Crippen molar-refractivity contribution in [3.63, 3.8) is 0 Å². The Labute approximate surface area is 151 Å². The molecule has 7 heteroatoms. The number of rotatable bonds is 6. The average molecular weight is 365 g/mol. The van der Waals surface area contributed by atoms with Gasteiger partial charge in [0, 0.05) is 30.3 Å². The number of aryl methyl sites for hydroxylation is 1. The van der Waals surface area contributed by atoms with Gasteiger partial charge in [0.05, 0.1) is 17.9 Å². The quantitative estimate of drug-likeness (QED) is 0.622. The number of hydrogen-bond acceptors (Lipinski definition) is 4. The highest BCUT2D eigenvalue weighted by molar-refractivity contribution is 6.31. The number of anilines is 1. The molecule has 0 atom stereocenters. The van der Waals surface area contributed by atoms with Gasteiger partial charge in [0.25, 0.3) is 5.91 Å². The van der Waals surface area contributed by atoms with Gasteiger partial charge in [0.1, 0.15) is 0 Å². The van der Waals surface area contributed by atoms with Crippen LogP contribution in [0, 0.1) is 6.92 Å². The van der Waals surface area contributed by atoms with Crippen LogP contribution in [0.5, 0.6) is 0 Å². The van der Waals surface area contributed by atoms with E-state index in [2.05, 4.69) is 5.32 Å². The highest BCUT2D eigenvalue weighted by Gasteiger charge is 2.31. The van der Waals surface area contributed by atoms with Gasteiger partial charge in [-0.1, -0.05) is 11.6 Å². The van der Waals surface area contributed by atoms with E-state index in [1.54, 1.807) is 37.9 Å². The zero-order chi connectivity index (χ0) is 18.6. The summed E-state index contributed by atoms with van der Waals surface area (Å²) in [5.74, 6) is -1.32. The van der Waals surface area contributed by atoms with E-state index in [0.717, 1.165) is 25.0 Å². The number of carbonyl (C=O) groups is 3. The van der Waals surface area contributed by atoms with Crippen LogP contribution in [0.2, 0.25) is 5.02 Å².